The molecule has 1 aliphatic rings. The van der Waals surface area contributed by atoms with E-state index in [1.807, 2.05) is 11.8 Å². The fraction of sp³-hybridized carbons (Fsp3) is 0.900. The molecule has 4 heteroatoms. The van der Waals surface area contributed by atoms with Gasteiger partial charge in [-0.3, -0.25) is 4.99 Å². The van der Waals surface area contributed by atoms with Gasteiger partial charge >= 0.3 is 0 Å². The van der Waals surface area contributed by atoms with Gasteiger partial charge in [0.25, 0.3) is 0 Å². The van der Waals surface area contributed by atoms with Crippen molar-refractivity contribution >= 4 is 17.7 Å². The molecule has 0 aliphatic heterocycles. The minimum Gasteiger partial charge on any atom is -0.370 e. The van der Waals surface area contributed by atoms with Crippen molar-refractivity contribution in [1.29, 1.82) is 0 Å². The largest absolute Gasteiger partial charge is 0.370 e. The van der Waals surface area contributed by atoms with Gasteiger partial charge in [-0.1, -0.05) is 19.8 Å². The minimum absolute atomic E-state index is 0.555. The SMILES string of the molecule is CSC(C)CN=C(N)NC1CCCC1. The number of hydrogen-bond acceptors (Lipinski definition) is 2. The van der Waals surface area contributed by atoms with Gasteiger partial charge in [0.2, 0.25) is 0 Å². The van der Waals surface area contributed by atoms with Crippen molar-refractivity contribution < 1.29 is 0 Å². The van der Waals surface area contributed by atoms with E-state index in [-0.39, 0.29) is 0 Å². The zero-order chi connectivity index (χ0) is 10.4. The molecular formula is C10H21N3S. The zero-order valence-electron chi connectivity index (χ0n) is 9.12. The molecule has 1 atom stereocenters. The predicted octanol–water partition coefficient (Wildman–Crippen LogP) is 1.58. The Morgan fingerprint density at radius 2 is 2.21 bits per heavy atom. The van der Waals surface area contributed by atoms with Crippen LogP contribution in [0.5, 0.6) is 0 Å². The minimum atomic E-state index is 0.555. The van der Waals surface area contributed by atoms with Gasteiger partial charge in [-0.15, -0.1) is 0 Å². The van der Waals surface area contributed by atoms with Gasteiger partial charge in [-0.2, -0.15) is 11.8 Å². The van der Waals surface area contributed by atoms with Crippen LogP contribution >= 0.6 is 11.8 Å². The van der Waals surface area contributed by atoms with E-state index in [9.17, 15) is 0 Å². The van der Waals surface area contributed by atoms with Gasteiger partial charge < -0.3 is 11.1 Å². The van der Waals surface area contributed by atoms with Crippen LogP contribution < -0.4 is 11.1 Å². The molecule has 0 bridgehead atoms. The number of nitrogens with zero attached hydrogens (tertiary/aromatic N) is 1. The molecule has 1 rings (SSSR count). The summed E-state index contributed by atoms with van der Waals surface area (Å²) in [5.41, 5.74) is 5.79. The Morgan fingerprint density at radius 3 is 2.79 bits per heavy atom. The molecule has 0 radical (unpaired) electrons. The molecule has 0 saturated heterocycles. The van der Waals surface area contributed by atoms with Crippen LogP contribution in [0, 0.1) is 0 Å². The third kappa shape index (κ3) is 4.22. The second-order valence-corrected chi connectivity index (χ2v) is 5.17. The Kier molecular flexibility index (Phi) is 5.15. The maximum atomic E-state index is 5.79. The van der Waals surface area contributed by atoms with Crippen LogP contribution in [0.25, 0.3) is 0 Å². The molecule has 0 spiro atoms. The maximum absolute atomic E-state index is 5.79. The highest BCUT2D eigenvalue weighted by Crippen LogP contribution is 2.17. The third-order valence-electron chi connectivity index (χ3n) is 2.63. The van der Waals surface area contributed by atoms with Crippen molar-refractivity contribution in [3.63, 3.8) is 0 Å². The first-order chi connectivity index (χ1) is 6.72. The molecule has 1 saturated carbocycles. The van der Waals surface area contributed by atoms with E-state index in [1.54, 1.807) is 0 Å². The van der Waals surface area contributed by atoms with E-state index >= 15 is 0 Å². The Labute approximate surface area is 90.9 Å². The van der Waals surface area contributed by atoms with E-state index in [2.05, 4.69) is 23.5 Å². The molecule has 1 unspecified atom stereocenters. The lowest BCUT2D eigenvalue weighted by Crippen LogP contribution is -2.38. The number of guanidine groups is 1. The number of nitrogens with one attached hydrogen (secondary N) is 1. The van der Waals surface area contributed by atoms with E-state index < -0.39 is 0 Å². The molecule has 1 fully saturated rings. The van der Waals surface area contributed by atoms with Crippen LogP contribution in [0.1, 0.15) is 32.6 Å². The molecule has 1 aliphatic carbocycles. The lowest BCUT2D eigenvalue weighted by Gasteiger charge is -2.13. The number of thioether (sulfide) groups is 1. The lowest BCUT2D eigenvalue weighted by molar-refractivity contribution is 0.625. The third-order valence-corrected chi connectivity index (χ3v) is 3.58. The topological polar surface area (TPSA) is 50.4 Å². The smallest absolute Gasteiger partial charge is 0.188 e. The summed E-state index contributed by atoms with van der Waals surface area (Å²) in [6.07, 6.45) is 7.24. The highest BCUT2D eigenvalue weighted by molar-refractivity contribution is 7.99. The van der Waals surface area contributed by atoms with Crippen LogP contribution in [0.15, 0.2) is 4.99 Å². The van der Waals surface area contributed by atoms with E-state index in [0.29, 0.717) is 17.3 Å². The van der Waals surface area contributed by atoms with Crippen LogP contribution in [-0.2, 0) is 0 Å². The first-order valence-corrected chi connectivity index (χ1v) is 6.60. The second-order valence-electron chi connectivity index (χ2n) is 3.90. The first kappa shape index (κ1) is 11.7. The van der Waals surface area contributed by atoms with Crippen LogP contribution in [0.3, 0.4) is 0 Å². The van der Waals surface area contributed by atoms with E-state index in [4.69, 9.17) is 5.73 Å². The summed E-state index contributed by atoms with van der Waals surface area (Å²) < 4.78 is 0. The fourth-order valence-electron chi connectivity index (χ4n) is 1.63. The van der Waals surface area contributed by atoms with Gasteiger partial charge in [0.05, 0.1) is 6.54 Å². The van der Waals surface area contributed by atoms with Crippen LogP contribution in [0.2, 0.25) is 0 Å². The highest BCUT2D eigenvalue weighted by Gasteiger charge is 2.14. The summed E-state index contributed by atoms with van der Waals surface area (Å²) in [5, 5.41) is 3.83. The van der Waals surface area contributed by atoms with Crippen molar-refractivity contribution in [2.24, 2.45) is 10.7 Å². The molecular weight excluding hydrogens is 194 g/mol. The quantitative estimate of drug-likeness (QED) is 0.553. The van der Waals surface area contributed by atoms with Crippen molar-refractivity contribution in [2.45, 2.75) is 43.9 Å². The average Bonchev–Trinajstić information content (AvgIpc) is 2.66. The zero-order valence-corrected chi connectivity index (χ0v) is 9.94. The summed E-state index contributed by atoms with van der Waals surface area (Å²) in [6, 6.07) is 0.573. The number of aliphatic imine (C=N–C) groups is 1. The monoisotopic (exact) mass is 215 g/mol. The Hall–Kier alpha value is -0.380. The van der Waals surface area contributed by atoms with Gasteiger partial charge in [0.1, 0.15) is 0 Å². The van der Waals surface area contributed by atoms with Crippen LogP contribution in [-0.4, -0.2) is 30.1 Å². The average molecular weight is 215 g/mol. The van der Waals surface area contributed by atoms with Crippen molar-refractivity contribution in [2.75, 3.05) is 12.8 Å². The Morgan fingerprint density at radius 1 is 1.57 bits per heavy atom. The summed E-state index contributed by atoms with van der Waals surface area (Å²) in [4.78, 5) is 4.32. The fourth-order valence-corrected chi connectivity index (χ4v) is 1.85. The highest BCUT2D eigenvalue weighted by atomic mass is 32.2. The first-order valence-electron chi connectivity index (χ1n) is 5.31. The standard InChI is InChI=1S/C10H21N3S/c1-8(14-2)7-12-10(11)13-9-5-3-4-6-9/h8-9H,3-7H2,1-2H3,(H3,11,12,13). The van der Waals surface area contributed by atoms with Gasteiger partial charge in [-0.25, -0.2) is 0 Å². The van der Waals surface area contributed by atoms with Gasteiger partial charge in [0.15, 0.2) is 5.96 Å². The molecule has 0 aromatic carbocycles. The van der Waals surface area contributed by atoms with E-state index in [1.165, 1.54) is 25.7 Å². The lowest BCUT2D eigenvalue weighted by atomic mass is 10.2. The molecule has 3 N–H and O–H groups in total. The van der Waals surface area contributed by atoms with E-state index in [0.717, 1.165) is 6.54 Å². The number of rotatable bonds is 4. The number of hydrogen-bond donors (Lipinski definition) is 2. The summed E-state index contributed by atoms with van der Waals surface area (Å²) >= 11 is 1.82. The molecule has 82 valence electrons. The predicted molar refractivity (Wildman–Crippen MR) is 64.9 cm³/mol. The maximum Gasteiger partial charge on any atom is 0.188 e. The Bertz CT molecular complexity index is 188. The van der Waals surface area contributed by atoms with Crippen molar-refractivity contribution in [3.8, 4) is 0 Å². The molecule has 0 aromatic heterocycles. The van der Waals surface area contributed by atoms with Crippen molar-refractivity contribution in [3.05, 3.63) is 0 Å². The number of nitrogens with two attached hydrogens (primary N) is 1. The van der Waals surface area contributed by atoms with Crippen molar-refractivity contribution in [1.82, 2.24) is 5.32 Å². The summed E-state index contributed by atoms with van der Waals surface area (Å²) in [5.74, 6) is 0.623. The normalized spacial score (nSPS) is 21.1. The second kappa shape index (κ2) is 6.17. The molecule has 14 heavy (non-hydrogen) atoms. The Balaban J connectivity index is 2.21. The van der Waals surface area contributed by atoms with Gasteiger partial charge in [0, 0.05) is 11.3 Å². The molecule has 0 amide bonds. The molecule has 0 heterocycles. The summed E-state index contributed by atoms with van der Waals surface area (Å²) in [6.45, 7) is 2.98. The summed E-state index contributed by atoms with van der Waals surface area (Å²) in [7, 11) is 0. The van der Waals surface area contributed by atoms with Gasteiger partial charge in [-0.05, 0) is 19.1 Å². The molecule has 0 aromatic rings. The molecule has 3 nitrogen and oxygen atoms in total. The van der Waals surface area contributed by atoms with Crippen LogP contribution in [0.4, 0.5) is 0 Å².